The molecule has 196 valence electrons. The van der Waals surface area contributed by atoms with E-state index in [-0.39, 0.29) is 43.7 Å². The molecule has 0 aliphatic carbocycles. The first-order valence-electron chi connectivity index (χ1n) is 12.5. The molecule has 3 heterocycles. The normalized spacial score (nSPS) is 18.1. The summed E-state index contributed by atoms with van der Waals surface area (Å²) in [6, 6.07) is 16.9. The van der Waals surface area contributed by atoms with Gasteiger partial charge in [-0.15, -0.1) is 11.3 Å². The summed E-state index contributed by atoms with van der Waals surface area (Å²) in [5.41, 5.74) is 1.85. The van der Waals surface area contributed by atoms with Gasteiger partial charge < -0.3 is 4.90 Å². The Morgan fingerprint density at radius 1 is 1.05 bits per heavy atom. The highest BCUT2D eigenvalue weighted by molar-refractivity contribution is 7.15. The number of rotatable bonds is 6. The summed E-state index contributed by atoms with van der Waals surface area (Å²) in [5, 5.41) is 1.44. The molecule has 1 amide bonds. The molecule has 0 N–H and O–H groups in total. The number of hydrogen-bond acceptors (Lipinski definition) is 5. The number of pyridine rings is 1. The molecule has 1 aliphatic heterocycles. The number of likely N-dealkylation sites (tertiary alicyclic amines) is 1. The van der Waals surface area contributed by atoms with Crippen molar-refractivity contribution in [1.82, 2.24) is 14.9 Å². The molecule has 0 saturated carbocycles. The third-order valence-corrected chi connectivity index (χ3v) is 8.05. The molecule has 1 fully saturated rings. The highest BCUT2D eigenvalue weighted by atomic mass is 32.1. The minimum absolute atomic E-state index is 0.0798. The van der Waals surface area contributed by atoms with E-state index in [4.69, 9.17) is 0 Å². The Kier molecular flexibility index (Phi) is 7.29. The number of halogens is 3. The Hall–Kier alpha value is -3.59. The average Bonchev–Trinajstić information content (AvgIpc) is 3.32. The lowest BCUT2D eigenvalue weighted by Gasteiger charge is -2.42. The van der Waals surface area contributed by atoms with Gasteiger partial charge in [0.2, 0.25) is 0 Å². The summed E-state index contributed by atoms with van der Waals surface area (Å²) in [7, 11) is 0. The predicted molar refractivity (Wildman–Crippen MR) is 141 cm³/mol. The van der Waals surface area contributed by atoms with Gasteiger partial charge in [0.15, 0.2) is 5.78 Å². The Balaban J connectivity index is 1.45. The first-order chi connectivity index (χ1) is 18.2. The Bertz CT molecular complexity index is 1460. The van der Waals surface area contributed by atoms with Crippen molar-refractivity contribution in [1.29, 1.82) is 0 Å². The van der Waals surface area contributed by atoms with E-state index in [0.29, 0.717) is 21.0 Å². The Morgan fingerprint density at radius 2 is 1.82 bits per heavy atom. The van der Waals surface area contributed by atoms with Crippen molar-refractivity contribution in [2.45, 2.75) is 44.8 Å². The van der Waals surface area contributed by atoms with Crippen molar-refractivity contribution in [2.24, 2.45) is 5.92 Å². The molecule has 38 heavy (non-hydrogen) atoms. The highest BCUT2D eigenvalue weighted by Gasteiger charge is 2.49. The van der Waals surface area contributed by atoms with Gasteiger partial charge in [-0.25, -0.2) is 4.98 Å². The maximum atomic E-state index is 14.2. The van der Waals surface area contributed by atoms with Gasteiger partial charge in [0.25, 0.3) is 5.91 Å². The van der Waals surface area contributed by atoms with Gasteiger partial charge in [-0.2, -0.15) is 13.2 Å². The number of amides is 1. The largest absolute Gasteiger partial charge is 0.393 e. The summed E-state index contributed by atoms with van der Waals surface area (Å²) < 4.78 is 42.6. The fourth-order valence-corrected chi connectivity index (χ4v) is 6.20. The van der Waals surface area contributed by atoms with Crippen molar-refractivity contribution in [2.75, 3.05) is 6.54 Å². The van der Waals surface area contributed by atoms with Crippen LogP contribution in [-0.2, 0) is 0 Å². The van der Waals surface area contributed by atoms with E-state index in [9.17, 15) is 22.8 Å². The Morgan fingerprint density at radius 3 is 2.58 bits per heavy atom. The SMILES string of the molecule is Cc1nc(C(=O)N2CCC[C@@H](C(F)(F)F)C2CCC(=O)c2cccc3cccnc23)c(-c2ccccc2)s1. The smallest absolute Gasteiger partial charge is 0.334 e. The molecule has 5 rings (SSSR count). The molecule has 0 spiro atoms. The van der Waals surface area contributed by atoms with Crippen LogP contribution in [-0.4, -0.2) is 45.3 Å². The van der Waals surface area contributed by atoms with Crippen molar-refractivity contribution in [3.63, 3.8) is 0 Å². The minimum atomic E-state index is -4.49. The number of hydrogen-bond donors (Lipinski definition) is 0. The fraction of sp³-hybridized carbons (Fsp3) is 0.310. The molecule has 1 saturated heterocycles. The van der Waals surface area contributed by atoms with E-state index >= 15 is 0 Å². The molecule has 9 heteroatoms. The van der Waals surface area contributed by atoms with Crippen LogP contribution in [0.1, 0.15) is 51.5 Å². The van der Waals surface area contributed by atoms with Gasteiger partial charge in [-0.3, -0.25) is 14.6 Å². The number of carbonyl (C=O) groups is 2. The molecule has 1 unspecified atom stereocenters. The molecule has 1 aliphatic rings. The number of aryl methyl sites for hydroxylation is 1. The lowest BCUT2D eigenvalue weighted by Crippen LogP contribution is -2.53. The van der Waals surface area contributed by atoms with Crippen LogP contribution in [0.3, 0.4) is 0 Å². The zero-order valence-corrected chi connectivity index (χ0v) is 21.6. The number of Topliss-reactive ketones (excluding diaryl/α,β-unsaturated/α-hetero) is 1. The maximum absolute atomic E-state index is 14.2. The van der Waals surface area contributed by atoms with Crippen molar-refractivity contribution in [3.05, 3.63) is 83.1 Å². The number of thiazole rings is 1. The molecular formula is C29H26F3N3O2S. The second-order valence-electron chi connectivity index (χ2n) is 9.48. The van der Waals surface area contributed by atoms with Crippen LogP contribution in [0.2, 0.25) is 0 Å². The zero-order chi connectivity index (χ0) is 26.9. The molecule has 2 aromatic carbocycles. The molecule has 0 radical (unpaired) electrons. The maximum Gasteiger partial charge on any atom is 0.393 e. The molecule has 2 aromatic heterocycles. The van der Waals surface area contributed by atoms with Crippen LogP contribution in [0.4, 0.5) is 13.2 Å². The molecule has 2 atom stereocenters. The van der Waals surface area contributed by atoms with E-state index in [1.165, 1.54) is 16.2 Å². The third kappa shape index (κ3) is 5.20. The highest BCUT2D eigenvalue weighted by Crippen LogP contribution is 2.41. The van der Waals surface area contributed by atoms with Crippen LogP contribution in [0, 0.1) is 12.8 Å². The summed E-state index contributed by atoms with van der Waals surface area (Å²) in [4.78, 5) is 37.7. The lowest BCUT2D eigenvalue weighted by atomic mass is 9.84. The second kappa shape index (κ2) is 10.6. The number of carbonyl (C=O) groups excluding carboxylic acids is 2. The number of alkyl halides is 3. The van der Waals surface area contributed by atoms with E-state index in [1.807, 2.05) is 42.5 Å². The molecule has 4 aromatic rings. The van der Waals surface area contributed by atoms with Crippen LogP contribution >= 0.6 is 11.3 Å². The van der Waals surface area contributed by atoms with E-state index < -0.39 is 24.0 Å². The van der Waals surface area contributed by atoms with Crippen LogP contribution in [0.15, 0.2) is 66.9 Å². The van der Waals surface area contributed by atoms with Crippen LogP contribution in [0.25, 0.3) is 21.3 Å². The Labute approximate surface area is 222 Å². The van der Waals surface area contributed by atoms with Crippen molar-refractivity contribution < 1.29 is 22.8 Å². The van der Waals surface area contributed by atoms with Gasteiger partial charge in [0.05, 0.1) is 21.3 Å². The molecule has 5 nitrogen and oxygen atoms in total. The fourth-order valence-electron chi connectivity index (χ4n) is 5.28. The second-order valence-corrected chi connectivity index (χ2v) is 10.7. The van der Waals surface area contributed by atoms with E-state index in [2.05, 4.69) is 9.97 Å². The summed E-state index contributed by atoms with van der Waals surface area (Å²) >= 11 is 1.34. The van der Waals surface area contributed by atoms with Gasteiger partial charge in [0.1, 0.15) is 5.69 Å². The molecule has 0 bridgehead atoms. The number of para-hydroxylation sites is 1. The van der Waals surface area contributed by atoms with Gasteiger partial charge in [0, 0.05) is 36.2 Å². The van der Waals surface area contributed by atoms with Crippen LogP contribution in [0.5, 0.6) is 0 Å². The standard InChI is InChI=1S/C29H26F3N3O2S/c1-18-34-26(27(38-18)20-8-3-2-4-9-20)28(37)35-17-7-13-22(29(30,31)32)23(35)14-15-24(36)21-12-5-10-19-11-6-16-33-25(19)21/h2-6,8-12,16,22-23H,7,13-15,17H2,1H3/t22-,23?/m1/s1. The lowest BCUT2D eigenvalue weighted by molar-refractivity contribution is -0.198. The number of fused-ring (bicyclic) bond motifs is 1. The summed E-state index contributed by atoms with van der Waals surface area (Å²) in [6.07, 6.45) is -2.98. The van der Waals surface area contributed by atoms with Gasteiger partial charge in [-0.05, 0) is 43.9 Å². The minimum Gasteiger partial charge on any atom is -0.334 e. The number of benzene rings is 2. The first-order valence-corrected chi connectivity index (χ1v) is 13.3. The van der Waals surface area contributed by atoms with E-state index in [0.717, 1.165) is 10.9 Å². The van der Waals surface area contributed by atoms with E-state index in [1.54, 1.807) is 31.3 Å². The first kappa shape index (κ1) is 26.0. The van der Waals surface area contributed by atoms with Gasteiger partial charge in [-0.1, -0.05) is 48.5 Å². The van der Waals surface area contributed by atoms with Crippen molar-refractivity contribution >= 4 is 33.9 Å². The number of piperidine rings is 1. The number of ketones is 1. The van der Waals surface area contributed by atoms with Gasteiger partial charge >= 0.3 is 6.18 Å². The predicted octanol–water partition coefficient (Wildman–Crippen LogP) is 7.11. The third-order valence-electron chi connectivity index (χ3n) is 7.03. The number of nitrogens with zero attached hydrogens (tertiary/aromatic N) is 3. The molecular weight excluding hydrogens is 511 g/mol. The zero-order valence-electron chi connectivity index (χ0n) is 20.7. The summed E-state index contributed by atoms with van der Waals surface area (Å²) in [5.74, 6) is -2.52. The van der Waals surface area contributed by atoms with Crippen LogP contribution < -0.4 is 0 Å². The quantitative estimate of drug-likeness (QED) is 0.246. The summed E-state index contributed by atoms with van der Waals surface area (Å²) in [6.45, 7) is 1.96. The average molecular weight is 538 g/mol. The topological polar surface area (TPSA) is 63.2 Å². The van der Waals surface area contributed by atoms with Crippen molar-refractivity contribution in [3.8, 4) is 10.4 Å². The number of aromatic nitrogens is 2. The monoisotopic (exact) mass is 537 g/mol.